The van der Waals surface area contributed by atoms with Crippen LogP contribution in [0.5, 0.6) is 11.5 Å². The number of hydrogen-bond acceptors (Lipinski definition) is 5. The molecule has 6 heteroatoms. The Morgan fingerprint density at radius 2 is 2.00 bits per heavy atom. The van der Waals surface area contributed by atoms with E-state index in [1.165, 1.54) is 11.0 Å². The average molecular weight is 377 g/mol. The van der Waals surface area contributed by atoms with Gasteiger partial charge in [-0.15, -0.1) is 6.58 Å². The molecule has 2 aliphatic heterocycles. The van der Waals surface area contributed by atoms with Crippen LogP contribution in [0.25, 0.3) is 6.08 Å². The van der Waals surface area contributed by atoms with Crippen LogP contribution < -0.4 is 14.4 Å². The quantitative estimate of drug-likeness (QED) is 0.619. The summed E-state index contributed by atoms with van der Waals surface area (Å²) in [6.07, 6.45) is 4.24. The van der Waals surface area contributed by atoms with Crippen LogP contribution in [0, 0.1) is 0 Å². The monoisotopic (exact) mass is 377 g/mol. The molecule has 0 radical (unpaired) electrons. The highest BCUT2D eigenvalue weighted by molar-refractivity contribution is 6.10. The maximum atomic E-state index is 12.8. The number of anilines is 1. The lowest BCUT2D eigenvalue weighted by molar-refractivity contribution is -0.140. The summed E-state index contributed by atoms with van der Waals surface area (Å²) < 4.78 is 10.6. The zero-order valence-corrected chi connectivity index (χ0v) is 15.1. The summed E-state index contributed by atoms with van der Waals surface area (Å²) in [6.45, 7) is 4.10. The Labute approximate surface area is 162 Å². The molecule has 0 saturated carbocycles. The number of carbonyl (C=O) groups is 2. The fraction of sp³-hybridized carbons (Fsp3) is 0.182. The molecule has 0 spiro atoms. The van der Waals surface area contributed by atoms with Gasteiger partial charge in [-0.1, -0.05) is 36.4 Å². The molecule has 6 nitrogen and oxygen atoms in total. The first-order chi connectivity index (χ1) is 13.5. The van der Waals surface area contributed by atoms with E-state index >= 15 is 0 Å². The van der Waals surface area contributed by atoms with Crippen molar-refractivity contribution in [3.63, 3.8) is 0 Å². The number of fused-ring (bicyclic) bond motifs is 2. The lowest BCUT2D eigenvalue weighted by Crippen LogP contribution is -2.41. The van der Waals surface area contributed by atoms with Gasteiger partial charge in [-0.3, -0.25) is 9.59 Å². The van der Waals surface area contributed by atoms with Gasteiger partial charge in [0.05, 0.1) is 12.1 Å². The minimum absolute atomic E-state index is 0.178. The van der Waals surface area contributed by atoms with Gasteiger partial charge < -0.3 is 19.5 Å². The van der Waals surface area contributed by atoms with E-state index in [9.17, 15) is 14.7 Å². The van der Waals surface area contributed by atoms with Gasteiger partial charge in [-0.25, -0.2) is 0 Å². The fourth-order valence-electron chi connectivity index (χ4n) is 3.50. The summed E-state index contributed by atoms with van der Waals surface area (Å²) in [5.74, 6) is 0.406. The third kappa shape index (κ3) is 2.97. The molecule has 2 aromatic rings. The van der Waals surface area contributed by atoms with Crippen LogP contribution in [0.3, 0.4) is 0 Å². The minimum atomic E-state index is -1.88. The van der Waals surface area contributed by atoms with Crippen LogP contribution in [0.2, 0.25) is 0 Å². The first kappa shape index (κ1) is 18.0. The van der Waals surface area contributed by atoms with Gasteiger partial charge in [0, 0.05) is 12.1 Å². The van der Waals surface area contributed by atoms with Crippen LogP contribution >= 0.6 is 0 Å². The van der Waals surface area contributed by atoms with Crippen molar-refractivity contribution in [1.29, 1.82) is 0 Å². The fourth-order valence-corrected chi connectivity index (χ4v) is 3.50. The Morgan fingerprint density at radius 1 is 1.21 bits per heavy atom. The van der Waals surface area contributed by atoms with E-state index in [1.54, 1.807) is 54.6 Å². The summed E-state index contributed by atoms with van der Waals surface area (Å²) in [5.41, 5.74) is -0.0826. The summed E-state index contributed by atoms with van der Waals surface area (Å²) in [5, 5.41) is 11.1. The molecule has 4 rings (SSSR count). The molecule has 1 atom stereocenters. The van der Waals surface area contributed by atoms with Gasteiger partial charge in [0.1, 0.15) is 0 Å². The van der Waals surface area contributed by atoms with Crippen LogP contribution in [-0.2, 0) is 15.2 Å². The van der Waals surface area contributed by atoms with Gasteiger partial charge in [0.25, 0.3) is 5.91 Å². The van der Waals surface area contributed by atoms with Crippen molar-refractivity contribution in [3.8, 4) is 11.5 Å². The molecular formula is C22H19NO5. The van der Waals surface area contributed by atoms with Gasteiger partial charge in [0.2, 0.25) is 6.79 Å². The number of para-hydroxylation sites is 1. The van der Waals surface area contributed by atoms with Crippen molar-refractivity contribution in [1.82, 2.24) is 0 Å². The Kier molecular flexibility index (Phi) is 4.49. The second kappa shape index (κ2) is 6.98. The number of ketones is 1. The van der Waals surface area contributed by atoms with Crippen molar-refractivity contribution in [2.75, 3.05) is 18.2 Å². The van der Waals surface area contributed by atoms with Gasteiger partial charge in [0.15, 0.2) is 22.9 Å². The zero-order chi connectivity index (χ0) is 19.7. The van der Waals surface area contributed by atoms with E-state index in [4.69, 9.17) is 9.47 Å². The number of allylic oxidation sites excluding steroid dienone is 1. The Balaban J connectivity index is 1.55. The SMILES string of the molecule is C=CCN1C(=O)C(O)(CC(=O)/C=C/c2ccc3c(c2)OCO3)c2ccccc21. The van der Waals surface area contributed by atoms with Crippen molar-refractivity contribution >= 4 is 23.5 Å². The van der Waals surface area contributed by atoms with Crippen LogP contribution in [0.4, 0.5) is 5.69 Å². The summed E-state index contributed by atoms with van der Waals surface area (Å²) >= 11 is 0. The molecule has 142 valence electrons. The average Bonchev–Trinajstić information content (AvgIpc) is 3.24. The lowest BCUT2D eigenvalue weighted by atomic mass is 9.89. The molecule has 0 fully saturated rings. The largest absolute Gasteiger partial charge is 0.454 e. The number of aliphatic hydroxyl groups is 1. The second-order valence-corrected chi connectivity index (χ2v) is 6.67. The molecule has 2 heterocycles. The van der Waals surface area contributed by atoms with Crippen LogP contribution in [0.1, 0.15) is 17.5 Å². The van der Waals surface area contributed by atoms with E-state index < -0.39 is 11.5 Å². The molecule has 1 amide bonds. The lowest BCUT2D eigenvalue weighted by Gasteiger charge is -2.21. The van der Waals surface area contributed by atoms with Crippen molar-refractivity contribution < 1.29 is 24.2 Å². The van der Waals surface area contributed by atoms with E-state index in [2.05, 4.69) is 6.58 Å². The number of amides is 1. The molecule has 28 heavy (non-hydrogen) atoms. The number of nitrogens with zero attached hydrogens (tertiary/aromatic N) is 1. The first-order valence-electron chi connectivity index (χ1n) is 8.88. The van der Waals surface area contributed by atoms with E-state index in [-0.39, 0.29) is 25.5 Å². The highest BCUT2D eigenvalue weighted by atomic mass is 16.7. The molecule has 0 saturated heterocycles. The van der Waals surface area contributed by atoms with Crippen molar-refractivity contribution in [3.05, 3.63) is 72.3 Å². The van der Waals surface area contributed by atoms with Crippen molar-refractivity contribution in [2.24, 2.45) is 0 Å². The predicted molar refractivity (Wildman–Crippen MR) is 104 cm³/mol. The molecular weight excluding hydrogens is 358 g/mol. The Morgan fingerprint density at radius 3 is 2.82 bits per heavy atom. The minimum Gasteiger partial charge on any atom is -0.454 e. The normalized spacial score (nSPS) is 19.9. The number of carbonyl (C=O) groups excluding carboxylic acids is 2. The third-order valence-corrected chi connectivity index (χ3v) is 4.84. The van der Waals surface area contributed by atoms with Crippen molar-refractivity contribution in [2.45, 2.75) is 12.0 Å². The maximum absolute atomic E-state index is 12.8. The second-order valence-electron chi connectivity index (χ2n) is 6.67. The third-order valence-electron chi connectivity index (χ3n) is 4.84. The molecule has 0 aliphatic carbocycles. The molecule has 0 bridgehead atoms. The topological polar surface area (TPSA) is 76.1 Å². The maximum Gasteiger partial charge on any atom is 0.264 e. The molecule has 2 aromatic carbocycles. The smallest absolute Gasteiger partial charge is 0.264 e. The van der Waals surface area contributed by atoms with E-state index in [0.717, 1.165) is 5.56 Å². The zero-order valence-electron chi connectivity index (χ0n) is 15.1. The van der Waals surface area contributed by atoms with Gasteiger partial charge in [-0.2, -0.15) is 0 Å². The van der Waals surface area contributed by atoms with Gasteiger partial charge >= 0.3 is 0 Å². The Hall–Kier alpha value is -3.38. The standard InChI is InChI=1S/C22H19NO5/c1-2-11-23-18-6-4-3-5-17(18)22(26,21(23)25)13-16(24)9-7-15-8-10-19-20(12-15)28-14-27-19/h2-10,12,26H,1,11,13-14H2/b9-7+. The summed E-state index contributed by atoms with van der Waals surface area (Å²) in [6, 6.07) is 12.3. The van der Waals surface area contributed by atoms with Gasteiger partial charge in [-0.05, 0) is 29.8 Å². The number of ether oxygens (including phenoxy) is 2. The molecule has 1 N–H and O–H groups in total. The number of benzene rings is 2. The number of rotatable bonds is 6. The number of hydrogen-bond donors (Lipinski definition) is 1. The highest BCUT2D eigenvalue weighted by Gasteiger charge is 2.50. The predicted octanol–water partition coefficient (Wildman–Crippen LogP) is 2.81. The molecule has 1 unspecified atom stereocenters. The molecule has 2 aliphatic rings. The van der Waals surface area contributed by atoms with Crippen LogP contribution in [0.15, 0.2) is 61.2 Å². The van der Waals surface area contributed by atoms with E-state index in [1.807, 2.05) is 0 Å². The summed E-state index contributed by atoms with van der Waals surface area (Å²) in [4.78, 5) is 26.8. The first-order valence-corrected chi connectivity index (χ1v) is 8.88. The Bertz CT molecular complexity index is 996. The summed E-state index contributed by atoms with van der Waals surface area (Å²) in [7, 11) is 0. The highest BCUT2D eigenvalue weighted by Crippen LogP contribution is 2.42. The van der Waals surface area contributed by atoms with Crippen LogP contribution in [-0.4, -0.2) is 30.1 Å². The molecule has 0 aromatic heterocycles. The van der Waals surface area contributed by atoms with E-state index in [0.29, 0.717) is 22.7 Å².